The molecule has 0 spiro atoms. The molecule has 2 rings (SSSR count). The Balaban J connectivity index is 2.60. The molecule has 0 fully saturated rings. The van der Waals surface area contributed by atoms with Crippen molar-refractivity contribution in [3.8, 4) is 10.4 Å². The molecule has 0 saturated carbocycles. The highest BCUT2D eigenvalue weighted by Gasteiger charge is 2.20. The van der Waals surface area contributed by atoms with Crippen molar-refractivity contribution in [2.75, 3.05) is 12.8 Å². The Morgan fingerprint density at radius 1 is 1.28 bits per heavy atom. The molecule has 0 amide bonds. The van der Waals surface area contributed by atoms with Crippen molar-refractivity contribution in [2.24, 2.45) is 0 Å². The number of nitrogens with two attached hydrogens (primary N) is 1. The van der Waals surface area contributed by atoms with Crippen LogP contribution in [-0.2, 0) is 4.74 Å². The summed E-state index contributed by atoms with van der Waals surface area (Å²) >= 11 is 1.39. The van der Waals surface area contributed by atoms with Crippen molar-refractivity contribution in [3.05, 3.63) is 40.3 Å². The lowest BCUT2D eigenvalue weighted by Crippen LogP contribution is -2.01. The summed E-state index contributed by atoms with van der Waals surface area (Å²) in [7, 11) is 1.37. The number of benzene rings is 1. The zero-order chi connectivity index (χ0) is 13.3. The molecule has 0 unspecified atom stereocenters. The van der Waals surface area contributed by atoms with Crippen molar-refractivity contribution in [2.45, 2.75) is 13.8 Å². The number of methoxy groups -OCH3 is 1. The van der Waals surface area contributed by atoms with E-state index in [2.05, 4.69) is 0 Å². The summed E-state index contributed by atoms with van der Waals surface area (Å²) in [6.07, 6.45) is 0. The lowest BCUT2D eigenvalue weighted by molar-refractivity contribution is 0.0607. The molecule has 1 aromatic heterocycles. The first-order valence-corrected chi connectivity index (χ1v) is 6.41. The lowest BCUT2D eigenvalue weighted by Gasteiger charge is -2.03. The Morgan fingerprint density at radius 2 is 1.94 bits per heavy atom. The maximum absolute atomic E-state index is 11.6. The molecule has 0 aliphatic carbocycles. The molecule has 18 heavy (non-hydrogen) atoms. The highest BCUT2D eigenvalue weighted by molar-refractivity contribution is 7.18. The fourth-order valence-electron chi connectivity index (χ4n) is 1.86. The van der Waals surface area contributed by atoms with Gasteiger partial charge in [-0.25, -0.2) is 4.79 Å². The first kappa shape index (κ1) is 12.6. The Morgan fingerprint density at radius 3 is 2.56 bits per heavy atom. The van der Waals surface area contributed by atoms with Crippen LogP contribution in [0.3, 0.4) is 0 Å². The molecule has 0 saturated heterocycles. The van der Waals surface area contributed by atoms with E-state index in [0.717, 1.165) is 16.0 Å². The van der Waals surface area contributed by atoms with Gasteiger partial charge in [0.05, 0.1) is 12.8 Å². The largest absolute Gasteiger partial charge is 0.465 e. The van der Waals surface area contributed by atoms with Crippen LogP contribution >= 0.6 is 11.3 Å². The smallest absolute Gasteiger partial charge is 0.350 e. The second kappa shape index (κ2) is 4.82. The van der Waals surface area contributed by atoms with E-state index in [1.807, 2.05) is 38.1 Å². The summed E-state index contributed by atoms with van der Waals surface area (Å²) in [6, 6.07) is 8.05. The van der Waals surface area contributed by atoms with Gasteiger partial charge in [0.1, 0.15) is 4.88 Å². The first-order valence-electron chi connectivity index (χ1n) is 5.59. The second-order valence-corrected chi connectivity index (χ2v) is 5.13. The number of anilines is 1. The molecular formula is C14H15NO2S. The van der Waals surface area contributed by atoms with Crippen LogP contribution in [0.5, 0.6) is 0 Å². The van der Waals surface area contributed by atoms with E-state index in [4.69, 9.17) is 10.5 Å². The maximum Gasteiger partial charge on any atom is 0.350 e. The number of ether oxygens (including phenoxy) is 1. The third-order valence-electron chi connectivity index (χ3n) is 2.95. The molecule has 2 aromatic rings. The van der Waals surface area contributed by atoms with Crippen LogP contribution in [0.1, 0.15) is 20.8 Å². The number of thiophene rings is 1. The number of nitrogen functional groups attached to an aromatic ring is 1. The second-order valence-electron chi connectivity index (χ2n) is 4.11. The number of carbonyl (C=O) groups is 1. The van der Waals surface area contributed by atoms with Crippen molar-refractivity contribution < 1.29 is 9.53 Å². The van der Waals surface area contributed by atoms with Crippen LogP contribution in [0.25, 0.3) is 10.4 Å². The number of esters is 1. The van der Waals surface area contributed by atoms with Crippen molar-refractivity contribution in [3.63, 3.8) is 0 Å². The Bertz CT molecular complexity index is 602. The Labute approximate surface area is 110 Å². The average Bonchev–Trinajstić information content (AvgIpc) is 2.67. The molecule has 0 aliphatic rings. The zero-order valence-electron chi connectivity index (χ0n) is 10.6. The van der Waals surface area contributed by atoms with Gasteiger partial charge in [0.25, 0.3) is 0 Å². The number of hydrogen-bond donors (Lipinski definition) is 1. The number of aryl methyl sites for hydroxylation is 1. The summed E-state index contributed by atoms with van der Waals surface area (Å²) in [5.41, 5.74) is 9.71. The molecule has 94 valence electrons. The molecule has 0 aliphatic heterocycles. The third kappa shape index (κ3) is 1.99. The van der Waals surface area contributed by atoms with Crippen LogP contribution < -0.4 is 5.73 Å². The minimum Gasteiger partial charge on any atom is -0.465 e. The van der Waals surface area contributed by atoms with Gasteiger partial charge in [0, 0.05) is 4.88 Å². The molecule has 0 atom stereocenters. The van der Waals surface area contributed by atoms with E-state index >= 15 is 0 Å². The van der Waals surface area contributed by atoms with Crippen LogP contribution in [0.2, 0.25) is 0 Å². The minimum absolute atomic E-state index is 0.375. The standard InChI is InChI=1S/C14H15NO2S/c1-8-6-4-5-7-10(8)12-9(2)11(15)13(18-12)14(16)17-3/h4-7H,15H2,1-3H3. The van der Waals surface area contributed by atoms with Gasteiger partial charge in [0.2, 0.25) is 0 Å². The van der Waals surface area contributed by atoms with E-state index in [1.165, 1.54) is 24.0 Å². The number of carbonyl (C=O) groups excluding carboxylic acids is 1. The Hall–Kier alpha value is -1.81. The summed E-state index contributed by atoms with van der Waals surface area (Å²) in [4.78, 5) is 13.1. The molecule has 2 N–H and O–H groups in total. The monoisotopic (exact) mass is 261 g/mol. The lowest BCUT2D eigenvalue weighted by atomic mass is 10.0. The van der Waals surface area contributed by atoms with E-state index in [0.29, 0.717) is 10.6 Å². The van der Waals surface area contributed by atoms with Gasteiger partial charge in [-0.3, -0.25) is 0 Å². The molecule has 4 heteroatoms. The van der Waals surface area contributed by atoms with Crippen molar-refractivity contribution in [1.82, 2.24) is 0 Å². The molecular weight excluding hydrogens is 246 g/mol. The summed E-state index contributed by atoms with van der Waals surface area (Å²) in [6.45, 7) is 3.97. The van der Waals surface area contributed by atoms with Gasteiger partial charge in [-0.2, -0.15) is 0 Å². The highest BCUT2D eigenvalue weighted by atomic mass is 32.1. The van der Waals surface area contributed by atoms with Crippen molar-refractivity contribution in [1.29, 1.82) is 0 Å². The zero-order valence-corrected chi connectivity index (χ0v) is 11.4. The van der Waals surface area contributed by atoms with Crippen LogP contribution in [0.4, 0.5) is 5.69 Å². The van der Waals surface area contributed by atoms with E-state index in [1.54, 1.807) is 0 Å². The normalized spacial score (nSPS) is 10.4. The van der Waals surface area contributed by atoms with Gasteiger partial charge >= 0.3 is 5.97 Å². The quantitative estimate of drug-likeness (QED) is 0.843. The third-order valence-corrected chi connectivity index (χ3v) is 4.27. The molecule has 0 radical (unpaired) electrons. The number of hydrogen-bond acceptors (Lipinski definition) is 4. The summed E-state index contributed by atoms with van der Waals surface area (Å²) in [5, 5.41) is 0. The predicted octanol–water partition coefficient (Wildman–Crippen LogP) is 3.40. The van der Waals surface area contributed by atoms with E-state index in [-0.39, 0.29) is 5.97 Å². The van der Waals surface area contributed by atoms with Gasteiger partial charge < -0.3 is 10.5 Å². The highest BCUT2D eigenvalue weighted by Crippen LogP contribution is 2.39. The Kier molecular flexibility index (Phi) is 3.39. The molecule has 0 bridgehead atoms. The van der Waals surface area contributed by atoms with Gasteiger partial charge in [-0.1, -0.05) is 24.3 Å². The first-order chi connectivity index (χ1) is 8.56. The predicted molar refractivity (Wildman–Crippen MR) is 75.0 cm³/mol. The fraction of sp³-hybridized carbons (Fsp3) is 0.214. The van der Waals surface area contributed by atoms with E-state index < -0.39 is 0 Å². The number of rotatable bonds is 2. The fourth-order valence-corrected chi connectivity index (χ4v) is 3.09. The van der Waals surface area contributed by atoms with Gasteiger partial charge in [-0.15, -0.1) is 11.3 Å². The van der Waals surface area contributed by atoms with Crippen LogP contribution in [-0.4, -0.2) is 13.1 Å². The summed E-state index contributed by atoms with van der Waals surface area (Å²) in [5.74, 6) is -0.375. The molecule has 1 heterocycles. The SMILES string of the molecule is COC(=O)c1sc(-c2ccccc2C)c(C)c1N. The topological polar surface area (TPSA) is 52.3 Å². The van der Waals surface area contributed by atoms with Gasteiger partial charge in [-0.05, 0) is 30.5 Å². The molecule has 3 nitrogen and oxygen atoms in total. The minimum atomic E-state index is -0.375. The van der Waals surface area contributed by atoms with E-state index in [9.17, 15) is 4.79 Å². The maximum atomic E-state index is 11.6. The summed E-state index contributed by atoms with van der Waals surface area (Å²) < 4.78 is 4.74. The van der Waals surface area contributed by atoms with Crippen LogP contribution in [0, 0.1) is 13.8 Å². The molecule has 1 aromatic carbocycles. The van der Waals surface area contributed by atoms with Gasteiger partial charge in [0.15, 0.2) is 0 Å². The van der Waals surface area contributed by atoms with Crippen molar-refractivity contribution >= 4 is 23.0 Å². The van der Waals surface area contributed by atoms with Crippen LogP contribution in [0.15, 0.2) is 24.3 Å². The average molecular weight is 261 g/mol.